The van der Waals surface area contributed by atoms with Crippen LogP contribution >= 0.6 is 0 Å². The third-order valence-corrected chi connectivity index (χ3v) is 13.6. The predicted octanol–water partition coefficient (Wildman–Crippen LogP) is 8.11. The van der Waals surface area contributed by atoms with Gasteiger partial charge in [0.15, 0.2) is 5.78 Å². The molecule has 5 aliphatic rings. The van der Waals surface area contributed by atoms with Gasteiger partial charge in [-0.1, -0.05) is 57.3 Å². The smallest absolute Gasteiger partial charge is 0.311 e. The molecular formula is C31H46N6O3. The van der Waals surface area contributed by atoms with E-state index in [2.05, 4.69) is 61.6 Å². The summed E-state index contributed by atoms with van der Waals surface area (Å²) in [6, 6.07) is -0.955. The second kappa shape index (κ2) is 9.00. The Morgan fingerprint density at radius 2 is 1.60 bits per heavy atom. The van der Waals surface area contributed by atoms with Gasteiger partial charge in [-0.15, -0.1) is 0 Å². The lowest BCUT2D eigenvalue weighted by atomic mass is 9.33. The van der Waals surface area contributed by atoms with Crippen molar-refractivity contribution in [1.82, 2.24) is 0 Å². The van der Waals surface area contributed by atoms with Gasteiger partial charge in [0, 0.05) is 21.8 Å². The van der Waals surface area contributed by atoms with Crippen molar-refractivity contribution in [3.8, 4) is 0 Å². The van der Waals surface area contributed by atoms with Gasteiger partial charge in [0.25, 0.3) is 0 Å². The van der Waals surface area contributed by atoms with E-state index < -0.39 is 28.3 Å². The summed E-state index contributed by atoms with van der Waals surface area (Å²) in [7, 11) is 1.47. The van der Waals surface area contributed by atoms with Crippen LogP contribution < -0.4 is 0 Å². The Morgan fingerprint density at radius 1 is 0.950 bits per heavy atom. The highest BCUT2D eigenvalue weighted by molar-refractivity contribution is 5.95. The lowest BCUT2D eigenvalue weighted by Gasteiger charge is -2.71. The molecule has 0 aromatic carbocycles. The monoisotopic (exact) mass is 550 g/mol. The van der Waals surface area contributed by atoms with Gasteiger partial charge < -0.3 is 4.74 Å². The first-order chi connectivity index (χ1) is 18.6. The molecule has 4 saturated carbocycles. The van der Waals surface area contributed by atoms with Crippen LogP contribution in [-0.4, -0.2) is 30.9 Å². The Bertz CT molecular complexity index is 1270. The highest BCUT2D eigenvalue weighted by Crippen LogP contribution is 2.75. The minimum absolute atomic E-state index is 0.0609. The van der Waals surface area contributed by atoms with Crippen molar-refractivity contribution in [2.75, 3.05) is 7.11 Å². The number of nitrogens with zero attached hydrogens (tertiary/aromatic N) is 6. The number of carbonyl (C=O) groups excluding carboxylic acids is 2. The van der Waals surface area contributed by atoms with Crippen LogP contribution in [0.4, 0.5) is 0 Å². The maximum Gasteiger partial charge on any atom is 0.311 e. The Labute approximate surface area is 238 Å². The average molecular weight is 551 g/mol. The number of ketones is 1. The van der Waals surface area contributed by atoms with Gasteiger partial charge in [0.05, 0.1) is 18.6 Å². The molecule has 0 aromatic heterocycles. The molecule has 0 aromatic rings. The summed E-state index contributed by atoms with van der Waals surface area (Å²) in [5.41, 5.74) is 18.3. The largest absolute Gasteiger partial charge is 0.469 e. The standard InChI is InChI=1S/C31H46N6O3/c1-26(2)22-9-10-31(7)23(29(22,5)17-20(34-36-32)24(26)35-37-33)21(38)15-18-19-16-28(4,25(39)40-8)12-11-27(19,3)13-14-30(18,31)6/h15,19-20,22-24H,9-14,16-17H2,1-8H3/t19-,20-,22-,23+,24+,27+,28-,29-,30+,31+/m0/s1. The van der Waals surface area contributed by atoms with Crippen LogP contribution in [0.3, 0.4) is 0 Å². The van der Waals surface area contributed by atoms with Gasteiger partial charge in [0.2, 0.25) is 0 Å². The molecule has 218 valence electrons. The van der Waals surface area contributed by atoms with E-state index in [0.717, 1.165) is 38.5 Å². The third kappa shape index (κ3) is 3.59. The number of rotatable bonds is 3. The van der Waals surface area contributed by atoms with E-state index in [4.69, 9.17) is 4.74 Å². The van der Waals surface area contributed by atoms with Gasteiger partial charge in [-0.2, -0.15) is 0 Å². The number of ether oxygens (including phenoxy) is 1. The normalized spacial score (nSPS) is 49.0. The second-order valence-corrected chi connectivity index (χ2v) is 15.7. The molecule has 0 amide bonds. The number of fused-ring (bicyclic) bond motifs is 7. The molecule has 0 heterocycles. The molecule has 0 aliphatic heterocycles. The van der Waals surface area contributed by atoms with Gasteiger partial charge in [-0.05, 0) is 114 Å². The molecule has 0 N–H and O–H groups in total. The summed E-state index contributed by atoms with van der Waals surface area (Å²) in [6.45, 7) is 15.6. The van der Waals surface area contributed by atoms with Gasteiger partial charge >= 0.3 is 5.97 Å². The van der Waals surface area contributed by atoms with E-state index in [1.54, 1.807) is 0 Å². The first kappa shape index (κ1) is 29.0. The van der Waals surface area contributed by atoms with E-state index >= 15 is 0 Å². The Morgan fingerprint density at radius 3 is 2.23 bits per heavy atom. The summed E-state index contributed by atoms with van der Waals surface area (Å²) >= 11 is 0. The maximum absolute atomic E-state index is 14.6. The van der Waals surface area contributed by atoms with Crippen LogP contribution in [0.5, 0.6) is 0 Å². The SMILES string of the molecule is COC(=O)[C@@]1(C)CC[C@]2(C)CC[C@]3(C)C(=CC(=O)[C@@H]4[C@@]5(C)C[C@H](N=[N+]=[N-])[C@@H](N=[N+]=[N-])C(C)(C)[C@@H]5CC[C@]43C)[C@@H]2C1. The number of carbonyl (C=O) groups is 2. The fraction of sp³-hybridized carbons (Fsp3) is 0.871. The summed E-state index contributed by atoms with van der Waals surface area (Å²) < 4.78 is 5.25. The van der Waals surface area contributed by atoms with Crippen molar-refractivity contribution in [2.45, 2.75) is 112 Å². The van der Waals surface area contributed by atoms with Gasteiger partial charge in [-0.3, -0.25) is 9.59 Å². The molecule has 5 aliphatic carbocycles. The fourth-order valence-corrected chi connectivity index (χ4v) is 11.2. The van der Waals surface area contributed by atoms with Crippen molar-refractivity contribution < 1.29 is 14.3 Å². The molecule has 9 heteroatoms. The molecule has 0 saturated heterocycles. The summed E-state index contributed by atoms with van der Waals surface area (Å²) in [5, 5.41) is 8.30. The van der Waals surface area contributed by atoms with Crippen molar-refractivity contribution in [2.24, 2.45) is 60.5 Å². The zero-order valence-corrected chi connectivity index (χ0v) is 25.5. The fourth-order valence-electron chi connectivity index (χ4n) is 11.2. The number of hydrogen-bond acceptors (Lipinski definition) is 5. The van der Waals surface area contributed by atoms with Gasteiger partial charge in [-0.25, -0.2) is 0 Å². The molecule has 4 fully saturated rings. The van der Waals surface area contributed by atoms with E-state index in [0.29, 0.717) is 12.8 Å². The van der Waals surface area contributed by atoms with Crippen LogP contribution in [-0.2, 0) is 14.3 Å². The van der Waals surface area contributed by atoms with Crippen molar-refractivity contribution in [1.29, 1.82) is 0 Å². The van der Waals surface area contributed by atoms with Crippen LogP contribution in [0.1, 0.15) is 99.8 Å². The molecule has 40 heavy (non-hydrogen) atoms. The lowest BCUT2D eigenvalue weighted by Crippen LogP contribution is -2.68. The van der Waals surface area contributed by atoms with Crippen LogP contribution in [0.25, 0.3) is 20.9 Å². The van der Waals surface area contributed by atoms with Crippen LogP contribution in [0.2, 0.25) is 0 Å². The van der Waals surface area contributed by atoms with E-state index in [1.807, 2.05) is 13.0 Å². The summed E-state index contributed by atoms with van der Waals surface area (Å²) in [4.78, 5) is 33.7. The number of azide groups is 2. The molecule has 5 rings (SSSR count). The molecule has 0 spiro atoms. The van der Waals surface area contributed by atoms with Crippen molar-refractivity contribution >= 4 is 11.8 Å². The molecule has 9 nitrogen and oxygen atoms in total. The predicted molar refractivity (Wildman–Crippen MR) is 153 cm³/mol. The lowest BCUT2D eigenvalue weighted by molar-refractivity contribution is -0.190. The molecule has 0 radical (unpaired) electrons. The van der Waals surface area contributed by atoms with E-state index in [-0.39, 0.29) is 45.8 Å². The molecule has 0 bridgehead atoms. The van der Waals surface area contributed by atoms with Crippen molar-refractivity contribution in [3.63, 3.8) is 0 Å². The van der Waals surface area contributed by atoms with E-state index in [1.165, 1.54) is 12.7 Å². The zero-order valence-electron chi connectivity index (χ0n) is 25.5. The first-order valence-electron chi connectivity index (χ1n) is 15.0. The Balaban J connectivity index is 1.63. The van der Waals surface area contributed by atoms with E-state index in [9.17, 15) is 20.7 Å². The number of methoxy groups -OCH3 is 1. The molecule has 10 atom stereocenters. The highest BCUT2D eigenvalue weighted by Gasteiger charge is 2.71. The quantitative estimate of drug-likeness (QED) is 0.152. The first-order valence-corrected chi connectivity index (χ1v) is 15.0. The third-order valence-electron chi connectivity index (χ3n) is 13.6. The van der Waals surface area contributed by atoms with Gasteiger partial charge in [0.1, 0.15) is 0 Å². The van der Waals surface area contributed by atoms with Crippen LogP contribution in [0.15, 0.2) is 21.9 Å². The maximum atomic E-state index is 14.6. The average Bonchev–Trinajstić information content (AvgIpc) is 2.88. The zero-order chi connectivity index (χ0) is 29.5. The number of allylic oxidation sites excluding steroid dienone is 2. The highest BCUT2D eigenvalue weighted by atomic mass is 16.5. The summed E-state index contributed by atoms with van der Waals surface area (Å²) in [5.74, 6) is 0.103. The minimum atomic E-state index is -0.547. The Kier molecular flexibility index (Phi) is 6.53. The van der Waals surface area contributed by atoms with Crippen molar-refractivity contribution in [3.05, 3.63) is 32.5 Å². The molecular weight excluding hydrogens is 504 g/mol. The molecule has 0 unspecified atom stereocenters. The number of esters is 1. The number of hydrogen-bond donors (Lipinski definition) is 0. The minimum Gasteiger partial charge on any atom is -0.469 e. The van der Waals surface area contributed by atoms with Crippen LogP contribution in [0, 0.1) is 50.2 Å². The second-order valence-electron chi connectivity index (χ2n) is 15.7. The summed E-state index contributed by atoms with van der Waals surface area (Å²) in [6.07, 6.45) is 8.92. The Hall–Kier alpha value is -2.50. The topological polar surface area (TPSA) is 141 Å².